The molecule has 1 rings (SSSR count). The molecule has 0 saturated carbocycles. The van der Waals surface area contributed by atoms with Crippen LogP contribution in [0.3, 0.4) is 0 Å². The Morgan fingerprint density at radius 2 is 2.33 bits per heavy atom. The van der Waals surface area contributed by atoms with E-state index in [9.17, 15) is 4.21 Å². The SMILES string of the molecule is CS(=O)CCCNCCc1cccnc1. The zero-order valence-corrected chi connectivity index (χ0v) is 9.93. The topological polar surface area (TPSA) is 42.0 Å². The summed E-state index contributed by atoms with van der Waals surface area (Å²) in [5.74, 6) is 0.792. The molecule has 0 fully saturated rings. The number of aromatic nitrogens is 1. The minimum atomic E-state index is -0.657. The van der Waals surface area contributed by atoms with Crippen LogP contribution in [0.5, 0.6) is 0 Å². The van der Waals surface area contributed by atoms with Crippen LogP contribution in [0.4, 0.5) is 0 Å². The van der Waals surface area contributed by atoms with E-state index in [-0.39, 0.29) is 0 Å². The number of nitrogens with one attached hydrogen (secondary N) is 1. The van der Waals surface area contributed by atoms with Gasteiger partial charge >= 0.3 is 0 Å². The van der Waals surface area contributed by atoms with Crippen LogP contribution in [0, 0.1) is 0 Å². The third kappa shape index (κ3) is 6.36. The first-order valence-electron chi connectivity index (χ1n) is 5.18. The van der Waals surface area contributed by atoms with E-state index >= 15 is 0 Å². The molecule has 0 aliphatic rings. The van der Waals surface area contributed by atoms with Crippen LogP contribution in [0.1, 0.15) is 12.0 Å². The summed E-state index contributed by atoms with van der Waals surface area (Å²) in [5, 5.41) is 3.33. The summed E-state index contributed by atoms with van der Waals surface area (Å²) >= 11 is 0. The molecular formula is C11H18N2OS. The molecule has 1 aromatic rings. The van der Waals surface area contributed by atoms with E-state index in [0.29, 0.717) is 0 Å². The van der Waals surface area contributed by atoms with Crippen LogP contribution in [0.15, 0.2) is 24.5 Å². The molecule has 0 amide bonds. The maximum Gasteiger partial charge on any atom is 0.0300 e. The lowest BCUT2D eigenvalue weighted by atomic mass is 10.2. The maximum absolute atomic E-state index is 10.8. The van der Waals surface area contributed by atoms with Gasteiger partial charge in [-0.05, 0) is 37.6 Å². The van der Waals surface area contributed by atoms with Crippen molar-refractivity contribution in [1.82, 2.24) is 10.3 Å². The van der Waals surface area contributed by atoms with Crippen LogP contribution < -0.4 is 5.32 Å². The van der Waals surface area contributed by atoms with Crippen LogP contribution in [-0.2, 0) is 17.2 Å². The molecule has 1 aromatic heterocycles. The van der Waals surface area contributed by atoms with Crippen molar-refractivity contribution in [3.63, 3.8) is 0 Å². The fraction of sp³-hybridized carbons (Fsp3) is 0.545. The van der Waals surface area contributed by atoms with Crippen molar-refractivity contribution in [2.24, 2.45) is 0 Å². The van der Waals surface area contributed by atoms with Crippen molar-refractivity contribution in [2.45, 2.75) is 12.8 Å². The molecule has 4 heteroatoms. The van der Waals surface area contributed by atoms with Gasteiger partial charge in [-0.15, -0.1) is 0 Å². The number of hydrogen-bond acceptors (Lipinski definition) is 3. The summed E-state index contributed by atoms with van der Waals surface area (Å²) in [6.07, 6.45) is 7.41. The molecule has 1 heterocycles. The highest BCUT2D eigenvalue weighted by Crippen LogP contribution is 1.95. The van der Waals surface area contributed by atoms with Crippen LogP contribution in [0.25, 0.3) is 0 Å². The highest BCUT2D eigenvalue weighted by atomic mass is 32.2. The van der Waals surface area contributed by atoms with E-state index in [0.717, 1.165) is 31.7 Å². The Labute approximate surface area is 93.8 Å². The third-order valence-electron chi connectivity index (χ3n) is 2.10. The van der Waals surface area contributed by atoms with Crippen molar-refractivity contribution in [2.75, 3.05) is 25.1 Å². The van der Waals surface area contributed by atoms with Gasteiger partial charge in [0, 0.05) is 35.2 Å². The molecule has 0 aliphatic heterocycles. The van der Waals surface area contributed by atoms with E-state index < -0.39 is 10.8 Å². The summed E-state index contributed by atoms with van der Waals surface area (Å²) in [4.78, 5) is 4.05. The summed E-state index contributed by atoms with van der Waals surface area (Å²) in [6.45, 7) is 1.90. The second-order valence-electron chi connectivity index (χ2n) is 3.49. The Bertz CT molecular complexity index is 290. The summed E-state index contributed by atoms with van der Waals surface area (Å²) in [7, 11) is -0.657. The average molecular weight is 226 g/mol. The number of hydrogen-bond donors (Lipinski definition) is 1. The smallest absolute Gasteiger partial charge is 0.0300 e. The van der Waals surface area contributed by atoms with E-state index in [4.69, 9.17) is 0 Å². The summed E-state index contributed by atoms with van der Waals surface area (Å²) in [5.41, 5.74) is 1.25. The van der Waals surface area contributed by atoms with Crippen LogP contribution in [-0.4, -0.2) is 34.3 Å². The number of pyridine rings is 1. The lowest BCUT2D eigenvalue weighted by Gasteiger charge is -2.03. The molecule has 84 valence electrons. The summed E-state index contributed by atoms with van der Waals surface area (Å²) < 4.78 is 10.8. The Balaban J connectivity index is 2.00. The predicted molar refractivity (Wildman–Crippen MR) is 64.4 cm³/mol. The zero-order valence-electron chi connectivity index (χ0n) is 9.11. The van der Waals surface area contributed by atoms with Crippen LogP contribution in [0.2, 0.25) is 0 Å². The van der Waals surface area contributed by atoms with Gasteiger partial charge in [0.2, 0.25) is 0 Å². The van der Waals surface area contributed by atoms with Crippen molar-refractivity contribution in [1.29, 1.82) is 0 Å². The van der Waals surface area contributed by atoms with Gasteiger partial charge in [0.25, 0.3) is 0 Å². The van der Waals surface area contributed by atoms with E-state index in [1.54, 1.807) is 12.5 Å². The molecule has 0 aromatic carbocycles. The molecular weight excluding hydrogens is 208 g/mol. The molecule has 0 bridgehead atoms. The van der Waals surface area contributed by atoms with Crippen LogP contribution >= 0.6 is 0 Å². The van der Waals surface area contributed by atoms with Gasteiger partial charge in [-0.2, -0.15) is 0 Å². The van der Waals surface area contributed by atoms with Crippen molar-refractivity contribution < 1.29 is 4.21 Å². The second kappa shape index (κ2) is 7.54. The van der Waals surface area contributed by atoms with Crippen molar-refractivity contribution in [3.8, 4) is 0 Å². The normalized spacial score (nSPS) is 12.6. The van der Waals surface area contributed by atoms with Gasteiger partial charge in [0.1, 0.15) is 0 Å². The standard InChI is InChI=1S/C11H18N2OS/c1-15(14)9-3-7-12-8-5-11-4-2-6-13-10-11/h2,4,6,10,12H,3,5,7-9H2,1H3. The molecule has 1 N–H and O–H groups in total. The van der Waals surface area contributed by atoms with Gasteiger partial charge in [0.15, 0.2) is 0 Å². The maximum atomic E-state index is 10.8. The Kier molecular flexibility index (Phi) is 6.20. The Morgan fingerprint density at radius 1 is 1.47 bits per heavy atom. The zero-order chi connectivity index (χ0) is 10.9. The monoisotopic (exact) mass is 226 g/mol. The largest absolute Gasteiger partial charge is 0.316 e. The molecule has 1 unspecified atom stereocenters. The summed E-state index contributed by atoms with van der Waals surface area (Å²) in [6, 6.07) is 4.03. The first-order valence-corrected chi connectivity index (χ1v) is 6.91. The average Bonchev–Trinajstić information content (AvgIpc) is 2.24. The predicted octanol–water partition coefficient (Wildman–Crippen LogP) is 0.982. The minimum absolute atomic E-state index is 0.657. The highest BCUT2D eigenvalue weighted by molar-refractivity contribution is 7.84. The van der Waals surface area contributed by atoms with Crippen molar-refractivity contribution >= 4 is 10.8 Å². The van der Waals surface area contributed by atoms with Gasteiger partial charge < -0.3 is 5.32 Å². The van der Waals surface area contributed by atoms with Gasteiger partial charge in [-0.3, -0.25) is 9.19 Å². The minimum Gasteiger partial charge on any atom is -0.316 e. The lowest BCUT2D eigenvalue weighted by Crippen LogP contribution is -2.19. The van der Waals surface area contributed by atoms with E-state index in [1.165, 1.54) is 5.56 Å². The van der Waals surface area contributed by atoms with Gasteiger partial charge in [-0.25, -0.2) is 0 Å². The molecule has 0 radical (unpaired) electrons. The quantitative estimate of drug-likeness (QED) is 0.705. The van der Waals surface area contributed by atoms with Crippen molar-refractivity contribution in [3.05, 3.63) is 30.1 Å². The molecule has 3 nitrogen and oxygen atoms in total. The molecule has 15 heavy (non-hydrogen) atoms. The third-order valence-corrected chi connectivity index (χ3v) is 2.96. The van der Waals surface area contributed by atoms with Gasteiger partial charge in [-0.1, -0.05) is 6.07 Å². The number of nitrogens with zero attached hydrogens (tertiary/aromatic N) is 1. The Hall–Kier alpha value is -0.740. The second-order valence-corrected chi connectivity index (χ2v) is 5.05. The van der Waals surface area contributed by atoms with E-state index in [2.05, 4.69) is 16.4 Å². The fourth-order valence-electron chi connectivity index (χ4n) is 1.30. The van der Waals surface area contributed by atoms with Gasteiger partial charge in [0.05, 0.1) is 0 Å². The first kappa shape index (κ1) is 12.3. The number of rotatable bonds is 7. The lowest BCUT2D eigenvalue weighted by molar-refractivity contribution is 0.659. The molecule has 1 atom stereocenters. The highest BCUT2D eigenvalue weighted by Gasteiger charge is 1.93. The fourth-order valence-corrected chi connectivity index (χ4v) is 1.86. The first-order chi connectivity index (χ1) is 7.29. The van der Waals surface area contributed by atoms with E-state index in [1.807, 2.05) is 12.3 Å². The molecule has 0 aliphatic carbocycles. The molecule has 0 spiro atoms. The molecule has 0 saturated heterocycles. The Morgan fingerprint density at radius 3 is 3.00 bits per heavy atom.